The number of hydrogen-bond donors (Lipinski definition) is 0. The Bertz CT molecular complexity index is 331. The second-order valence-corrected chi connectivity index (χ2v) is 4.02. The predicted molar refractivity (Wildman–Crippen MR) is 51.6 cm³/mol. The smallest absolute Gasteiger partial charge is 0.272 e. The largest absolute Gasteiger partial charge is 0.435 e. The Hall–Kier alpha value is -0.710. The topological polar surface area (TPSA) is 17.8 Å². The van der Waals surface area contributed by atoms with Crippen LogP contribution in [0.3, 0.4) is 0 Å². The fourth-order valence-corrected chi connectivity index (χ4v) is 1.46. The third-order valence-electron chi connectivity index (χ3n) is 1.80. The van der Waals surface area contributed by atoms with Crippen LogP contribution in [0.2, 0.25) is 0 Å². The summed E-state index contributed by atoms with van der Waals surface area (Å²) in [6.07, 6.45) is -3.07. The summed E-state index contributed by atoms with van der Waals surface area (Å²) < 4.78 is 38.7. The van der Waals surface area contributed by atoms with Crippen molar-refractivity contribution in [2.45, 2.75) is 32.4 Å². The summed E-state index contributed by atoms with van der Waals surface area (Å²) >= 11 is 5.43. The molecule has 0 radical (unpaired) electrons. The van der Waals surface area contributed by atoms with E-state index in [9.17, 15) is 13.2 Å². The van der Waals surface area contributed by atoms with Gasteiger partial charge in [0.15, 0.2) is 5.69 Å². The van der Waals surface area contributed by atoms with Gasteiger partial charge in [0.1, 0.15) is 0 Å². The van der Waals surface area contributed by atoms with E-state index < -0.39 is 11.9 Å². The molecule has 86 valence electrons. The molecule has 2 nitrogen and oxygen atoms in total. The minimum absolute atomic E-state index is 0.0322. The highest BCUT2D eigenvalue weighted by atomic mass is 35.5. The van der Waals surface area contributed by atoms with Gasteiger partial charge in [-0.1, -0.05) is 13.8 Å². The molecular formula is C9H12ClF3N2. The Morgan fingerprint density at radius 1 is 1.47 bits per heavy atom. The van der Waals surface area contributed by atoms with E-state index in [0.29, 0.717) is 6.54 Å². The zero-order valence-electron chi connectivity index (χ0n) is 8.48. The lowest BCUT2D eigenvalue weighted by Crippen LogP contribution is -2.11. The molecule has 15 heavy (non-hydrogen) atoms. The minimum Gasteiger partial charge on any atom is -0.272 e. The van der Waals surface area contributed by atoms with Crippen molar-refractivity contribution in [2.24, 2.45) is 5.92 Å². The normalized spacial score (nSPS) is 12.5. The fraction of sp³-hybridized carbons (Fsp3) is 0.667. The molecule has 0 aliphatic heterocycles. The van der Waals surface area contributed by atoms with Crippen molar-refractivity contribution in [3.8, 4) is 0 Å². The lowest BCUT2D eigenvalue weighted by atomic mass is 10.2. The molecule has 0 aliphatic carbocycles. The Labute approximate surface area is 91.0 Å². The van der Waals surface area contributed by atoms with E-state index in [1.165, 1.54) is 10.9 Å². The molecular weight excluding hydrogens is 229 g/mol. The van der Waals surface area contributed by atoms with E-state index in [2.05, 4.69) is 5.10 Å². The highest BCUT2D eigenvalue weighted by molar-refractivity contribution is 6.17. The van der Waals surface area contributed by atoms with Gasteiger partial charge in [-0.2, -0.15) is 18.3 Å². The zero-order valence-corrected chi connectivity index (χ0v) is 9.23. The molecule has 1 aromatic heterocycles. The van der Waals surface area contributed by atoms with Crippen LogP contribution in [0.4, 0.5) is 13.2 Å². The average molecular weight is 241 g/mol. The molecule has 1 rings (SSSR count). The van der Waals surface area contributed by atoms with Gasteiger partial charge in [0, 0.05) is 18.3 Å². The van der Waals surface area contributed by atoms with Gasteiger partial charge in [0.2, 0.25) is 0 Å². The second-order valence-electron chi connectivity index (χ2n) is 3.75. The summed E-state index contributed by atoms with van der Waals surface area (Å²) in [7, 11) is 0. The van der Waals surface area contributed by atoms with Gasteiger partial charge in [0.25, 0.3) is 0 Å². The number of nitrogens with zero attached hydrogens (tertiary/aromatic N) is 2. The quantitative estimate of drug-likeness (QED) is 0.742. The first-order chi connectivity index (χ1) is 6.84. The van der Waals surface area contributed by atoms with Gasteiger partial charge in [-0.3, -0.25) is 4.68 Å². The van der Waals surface area contributed by atoms with Crippen molar-refractivity contribution >= 4 is 11.6 Å². The molecule has 0 spiro atoms. The molecule has 0 atom stereocenters. The van der Waals surface area contributed by atoms with E-state index in [1.807, 2.05) is 13.8 Å². The fourth-order valence-electron chi connectivity index (χ4n) is 1.27. The van der Waals surface area contributed by atoms with Crippen LogP contribution in [0.1, 0.15) is 25.1 Å². The van der Waals surface area contributed by atoms with Gasteiger partial charge < -0.3 is 0 Å². The Balaban J connectivity index is 3.01. The molecule has 0 bridgehead atoms. The van der Waals surface area contributed by atoms with Crippen LogP contribution in [0.25, 0.3) is 0 Å². The molecule has 1 heterocycles. The van der Waals surface area contributed by atoms with Crippen LogP contribution < -0.4 is 0 Å². The Morgan fingerprint density at radius 2 is 2.07 bits per heavy atom. The van der Waals surface area contributed by atoms with E-state index in [4.69, 9.17) is 11.6 Å². The predicted octanol–water partition coefficient (Wildman–Crippen LogP) is 3.30. The molecule has 1 aromatic rings. The van der Waals surface area contributed by atoms with E-state index in [0.717, 1.165) is 0 Å². The van der Waals surface area contributed by atoms with Crippen LogP contribution in [-0.2, 0) is 18.6 Å². The van der Waals surface area contributed by atoms with Crippen molar-refractivity contribution in [2.75, 3.05) is 0 Å². The van der Waals surface area contributed by atoms with Crippen molar-refractivity contribution in [1.82, 2.24) is 9.78 Å². The van der Waals surface area contributed by atoms with Gasteiger partial charge in [-0.25, -0.2) is 0 Å². The monoisotopic (exact) mass is 240 g/mol. The van der Waals surface area contributed by atoms with E-state index in [1.54, 1.807) is 0 Å². The van der Waals surface area contributed by atoms with Crippen LogP contribution in [-0.4, -0.2) is 9.78 Å². The first kappa shape index (κ1) is 12.4. The molecule has 0 fully saturated rings. The average Bonchev–Trinajstić information content (AvgIpc) is 2.45. The molecule has 6 heteroatoms. The number of hydrogen-bond acceptors (Lipinski definition) is 1. The van der Waals surface area contributed by atoms with Gasteiger partial charge in [-0.15, -0.1) is 11.6 Å². The van der Waals surface area contributed by atoms with E-state index >= 15 is 0 Å². The van der Waals surface area contributed by atoms with Crippen molar-refractivity contribution in [3.05, 3.63) is 17.5 Å². The molecule has 0 amide bonds. The lowest BCUT2D eigenvalue weighted by molar-refractivity contribution is -0.142. The van der Waals surface area contributed by atoms with Crippen LogP contribution in [0, 0.1) is 5.92 Å². The van der Waals surface area contributed by atoms with Crippen LogP contribution >= 0.6 is 11.6 Å². The van der Waals surface area contributed by atoms with Gasteiger partial charge >= 0.3 is 6.18 Å². The SMILES string of the molecule is CC(C)Cn1cc(CCl)c(C(F)(F)F)n1. The Kier molecular flexibility index (Phi) is 3.65. The maximum absolute atomic E-state index is 12.5. The van der Waals surface area contributed by atoms with Crippen LogP contribution in [0.5, 0.6) is 0 Å². The first-order valence-electron chi connectivity index (χ1n) is 4.54. The number of aromatic nitrogens is 2. The van der Waals surface area contributed by atoms with Crippen molar-refractivity contribution in [1.29, 1.82) is 0 Å². The third-order valence-corrected chi connectivity index (χ3v) is 2.09. The summed E-state index contributed by atoms with van der Waals surface area (Å²) in [6.45, 7) is 4.28. The maximum atomic E-state index is 12.5. The standard InChI is InChI=1S/C9H12ClF3N2/c1-6(2)4-15-5-7(3-10)8(14-15)9(11,12)13/h5-6H,3-4H2,1-2H3. The number of alkyl halides is 4. The van der Waals surface area contributed by atoms with E-state index in [-0.39, 0.29) is 17.4 Å². The zero-order chi connectivity index (χ0) is 11.6. The third kappa shape index (κ3) is 3.12. The summed E-state index contributed by atoms with van der Waals surface area (Å²) in [6, 6.07) is 0. The molecule has 0 saturated heterocycles. The maximum Gasteiger partial charge on any atom is 0.435 e. The summed E-state index contributed by atoms with van der Waals surface area (Å²) in [5.41, 5.74) is -0.844. The summed E-state index contributed by atoms with van der Waals surface area (Å²) in [5, 5.41) is 3.50. The van der Waals surface area contributed by atoms with Gasteiger partial charge in [-0.05, 0) is 5.92 Å². The molecule has 0 aromatic carbocycles. The van der Waals surface area contributed by atoms with Crippen molar-refractivity contribution < 1.29 is 13.2 Å². The van der Waals surface area contributed by atoms with Crippen LogP contribution in [0.15, 0.2) is 6.20 Å². The number of halogens is 4. The first-order valence-corrected chi connectivity index (χ1v) is 5.07. The lowest BCUT2D eigenvalue weighted by Gasteiger charge is -2.05. The molecule has 0 unspecified atom stereocenters. The Morgan fingerprint density at radius 3 is 2.40 bits per heavy atom. The molecule has 0 aliphatic rings. The van der Waals surface area contributed by atoms with Crippen molar-refractivity contribution in [3.63, 3.8) is 0 Å². The molecule has 0 saturated carbocycles. The summed E-state index contributed by atoms with van der Waals surface area (Å²) in [5.74, 6) is 0.0709. The highest BCUT2D eigenvalue weighted by Gasteiger charge is 2.36. The number of rotatable bonds is 3. The highest BCUT2D eigenvalue weighted by Crippen LogP contribution is 2.31. The minimum atomic E-state index is -4.42. The molecule has 0 N–H and O–H groups in total. The second kappa shape index (κ2) is 4.43. The van der Waals surface area contributed by atoms with Gasteiger partial charge in [0.05, 0.1) is 5.88 Å². The summed E-state index contributed by atoms with van der Waals surface area (Å²) in [4.78, 5) is 0.